The predicted octanol–water partition coefficient (Wildman–Crippen LogP) is 1.15. The standard InChI is InChI=1S/C21H24BN2O2Si/c1-27(2)18-12-14(23-7-3-8-23)5-6-16(18)21-20-17(22(25)26-21)11-15(13-19(20)27)24-9-4-10-24/h5-6,11-13,25H,3-4,7-10H2,1-2H3/q+1. The van der Waals surface area contributed by atoms with Crippen LogP contribution in [0.25, 0.3) is 5.76 Å². The van der Waals surface area contributed by atoms with Crippen molar-refractivity contribution in [1.82, 2.24) is 0 Å². The van der Waals surface area contributed by atoms with Crippen LogP contribution in [0.5, 0.6) is 0 Å². The largest absolute Gasteiger partial charge is 0.560 e. The van der Waals surface area contributed by atoms with E-state index in [-0.39, 0.29) is 0 Å². The predicted molar refractivity (Wildman–Crippen MR) is 113 cm³/mol. The molecule has 0 radical (unpaired) electrons. The van der Waals surface area contributed by atoms with E-state index < -0.39 is 15.2 Å². The van der Waals surface area contributed by atoms with Gasteiger partial charge < -0.3 is 14.6 Å². The van der Waals surface area contributed by atoms with E-state index in [9.17, 15) is 5.02 Å². The molecular formula is C21H24BN2O2Si+. The number of hydrogen-bond donors (Lipinski definition) is 1. The zero-order chi connectivity index (χ0) is 18.3. The van der Waals surface area contributed by atoms with E-state index in [2.05, 4.69) is 52.9 Å². The molecule has 1 aromatic rings. The van der Waals surface area contributed by atoms with Crippen LogP contribution in [0.2, 0.25) is 13.1 Å². The molecule has 0 saturated carbocycles. The summed E-state index contributed by atoms with van der Waals surface area (Å²) in [5.74, 6) is 0.889. The lowest BCUT2D eigenvalue weighted by molar-refractivity contribution is -0.582. The van der Waals surface area contributed by atoms with Crippen LogP contribution in [-0.2, 0) is 4.65 Å². The Kier molecular flexibility index (Phi) is 3.11. The van der Waals surface area contributed by atoms with E-state index in [1.54, 1.807) is 0 Å². The lowest BCUT2D eigenvalue weighted by Crippen LogP contribution is -2.52. The summed E-state index contributed by atoms with van der Waals surface area (Å²) >= 11 is 0. The number of allylic oxidation sites excluding steroid dienone is 5. The molecule has 0 unspecified atom stereocenters. The molecule has 1 N–H and O–H groups in total. The number of hydrogen-bond acceptors (Lipinski definition) is 3. The van der Waals surface area contributed by atoms with Crippen LogP contribution >= 0.6 is 0 Å². The maximum absolute atomic E-state index is 10.7. The Labute approximate surface area is 161 Å². The van der Waals surface area contributed by atoms with Crippen molar-refractivity contribution < 1.29 is 14.3 Å². The second kappa shape index (κ2) is 5.27. The monoisotopic (exact) mass is 375 g/mol. The number of fused-ring (bicyclic) bond motifs is 1. The molecule has 5 aliphatic rings. The molecule has 2 fully saturated rings. The average molecular weight is 375 g/mol. The zero-order valence-electron chi connectivity index (χ0n) is 16.0. The maximum atomic E-state index is 10.7. The second-order valence-electron chi connectivity index (χ2n) is 8.79. The summed E-state index contributed by atoms with van der Waals surface area (Å²) in [4.78, 5) is 2.41. The first-order valence-corrected chi connectivity index (χ1v) is 13.1. The molecule has 0 spiro atoms. The van der Waals surface area contributed by atoms with Gasteiger partial charge in [-0.25, -0.2) is 4.58 Å². The van der Waals surface area contributed by atoms with Crippen LogP contribution < -0.4 is 15.5 Å². The minimum absolute atomic E-state index is 0.846. The minimum Gasteiger partial charge on any atom is -0.531 e. The van der Waals surface area contributed by atoms with Crippen molar-refractivity contribution in [2.24, 2.45) is 0 Å². The van der Waals surface area contributed by atoms with Crippen molar-refractivity contribution in [3.63, 3.8) is 0 Å². The summed E-state index contributed by atoms with van der Waals surface area (Å²) in [5, 5.41) is 13.5. The number of nitrogens with zero attached hydrogens (tertiary/aromatic N) is 2. The van der Waals surface area contributed by atoms with Crippen molar-refractivity contribution in [2.45, 2.75) is 25.9 Å². The van der Waals surface area contributed by atoms with Crippen molar-refractivity contribution in [2.75, 3.05) is 31.1 Å². The van der Waals surface area contributed by atoms with E-state index in [0.29, 0.717) is 0 Å². The van der Waals surface area contributed by atoms with Crippen LogP contribution in [0, 0.1) is 0 Å². The third kappa shape index (κ3) is 2.05. The summed E-state index contributed by atoms with van der Waals surface area (Å²) < 4.78 is 8.48. The van der Waals surface area contributed by atoms with Gasteiger partial charge in [-0.05, 0) is 35.0 Å². The van der Waals surface area contributed by atoms with Gasteiger partial charge in [0.05, 0.1) is 6.42 Å². The Balaban J connectivity index is 1.60. The van der Waals surface area contributed by atoms with Crippen molar-refractivity contribution in [1.29, 1.82) is 0 Å². The van der Waals surface area contributed by atoms with Gasteiger partial charge in [0.2, 0.25) is 0 Å². The summed E-state index contributed by atoms with van der Waals surface area (Å²) in [6.07, 6.45) is 9.40. The van der Waals surface area contributed by atoms with Gasteiger partial charge in [0, 0.05) is 47.5 Å². The Morgan fingerprint density at radius 1 is 1.15 bits per heavy atom. The molecule has 1 aromatic carbocycles. The highest BCUT2D eigenvalue weighted by Crippen LogP contribution is 2.41. The Bertz CT molecular complexity index is 1010. The number of benzene rings is 1. The molecule has 0 bridgehead atoms. The van der Waals surface area contributed by atoms with Gasteiger partial charge in [0.25, 0.3) is 0 Å². The third-order valence-corrected chi connectivity index (χ3v) is 10.4. The average Bonchev–Trinajstić information content (AvgIpc) is 2.87. The van der Waals surface area contributed by atoms with E-state index in [4.69, 9.17) is 4.65 Å². The van der Waals surface area contributed by atoms with Gasteiger partial charge in [-0.2, -0.15) is 0 Å². The summed E-state index contributed by atoms with van der Waals surface area (Å²) in [7, 11) is -2.74. The van der Waals surface area contributed by atoms with Gasteiger partial charge in [-0.1, -0.05) is 13.1 Å². The molecule has 1 aliphatic carbocycles. The molecule has 27 heavy (non-hydrogen) atoms. The van der Waals surface area contributed by atoms with Crippen LogP contribution in [0.3, 0.4) is 0 Å². The fraction of sp³-hybridized carbons (Fsp3) is 0.381. The zero-order valence-corrected chi connectivity index (χ0v) is 17.0. The Morgan fingerprint density at radius 2 is 1.96 bits per heavy atom. The Morgan fingerprint density at radius 3 is 2.63 bits per heavy atom. The molecule has 0 amide bonds. The summed E-state index contributed by atoms with van der Waals surface area (Å²) in [6.45, 7) is 9.44. The lowest BCUT2D eigenvalue weighted by atomic mass is 9.78. The molecule has 4 aliphatic heterocycles. The second-order valence-corrected chi connectivity index (χ2v) is 13.1. The van der Waals surface area contributed by atoms with Crippen LogP contribution in [0.1, 0.15) is 18.4 Å². The first-order chi connectivity index (χ1) is 13.0. The van der Waals surface area contributed by atoms with Crippen molar-refractivity contribution >= 4 is 43.0 Å². The molecule has 136 valence electrons. The normalized spacial score (nSPS) is 24.2. The fourth-order valence-electron chi connectivity index (χ4n) is 4.94. The molecule has 0 aromatic heterocycles. The quantitative estimate of drug-likeness (QED) is 0.591. The minimum atomic E-state index is -1.89. The summed E-state index contributed by atoms with van der Waals surface area (Å²) in [5.41, 5.74) is 5.91. The molecule has 0 atom stereocenters. The molecule has 4 nitrogen and oxygen atoms in total. The third-order valence-electron chi connectivity index (χ3n) is 6.91. The fourth-order valence-corrected chi connectivity index (χ4v) is 8.00. The van der Waals surface area contributed by atoms with Crippen LogP contribution in [0.15, 0.2) is 41.1 Å². The van der Waals surface area contributed by atoms with Gasteiger partial charge >= 0.3 is 7.12 Å². The highest BCUT2D eigenvalue weighted by Gasteiger charge is 2.47. The van der Waals surface area contributed by atoms with E-state index in [1.807, 2.05) is 0 Å². The molecule has 4 heterocycles. The number of anilines is 1. The molecule has 6 heteroatoms. The van der Waals surface area contributed by atoms with Crippen molar-refractivity contribution in [3.8, 4) is 0 Å². The topological polar surface area (TPSA) is 35.7 Å². The highest BCUT2D eigenvalue weighted by atomic mass is 28.3. The smallest absolute Gasteiger partial charge is 0.531 e. The summed E-state index contributed by atoms with van der Waals surface area (Å²) in [6, 6.07) is 4.55. The lowest BCUT2D eigenvalue weighted by Gasteiger charge is -2.38. The van der Waals surface area contributed by atoms with Crippen LogP contribution in [0.4, 0.5) is 5.69 Å². The van der Waals surface area contributed by atoms with Crippen molar-refractivity contribution in [3.05, 3.63) is 46.7 Å². The first kappa shape index (κ1) is 16.0. The van der Waals surface area contributed by atoms with Gasteiger partial charge in [0.15, 0.2) is 5.71 Å². The SMILES string of the molecule is C[Si]1(C)C2=CC(=[N+]3CCC3)C=CC2=C2OB(O)c3cc(N4CCC4)cc1c32. The van der Waals surface area contributed by atoms with Crippen LogP contribution in [-0.4, -0.2) is 56.7 Å². The van der Waals surface area contributed by atoms with Gasteiger partial charge in [-0.15, -0.1) is 0 Å². The van der Waals surface area contributed by atoms with E-state index in [0.717, 1.165) is 37.4 Å². The van der Waals surface area contributed by atoms with E-state index in [1.165, 1.54) is 45.8 Å². The number of rotatable bonds is 1. The molecular weight excluding hydrogens is 351 g/mol. The highest BCUT2D eigenvalue weighted by molar-refractivity contribution is 6.98. The maximum Gasteiger partial charge on any atom is 0.560 e. The van der Waals surface area contributed by atoms with Gasteiger partial charge in [-0.3, -0.25) is 0 Å². The first-order valence-electron chi connectivity index (χ1n) is 10.1. The van der Waals surface area contributed by atoms with Gasteiger partial charge in [0.1, 0.15) is 26.9 Å². The molecule has 6 rings (SSSR count). The van der Waals surface area contributed by atoms with E-state index >= 15 is 0 Å². The Hall–Kier alpha value is -2.05. The molecule has 2 saturated heterocycles.